The van der Waals surface area contributed by atoms with Crippen LogP contribution in [0.1, 0.15) is 32.6 Å². The van der Waals surface area contributed by atoms with Gasteiger partial charge in [-0.2, -0.15) is 0 Å². The van der Waals surface area contributed by atoms with Gasteiger partial charge in [0.1, 0.15) is 11.5 Å². The number of likely N-dealkylation sites (tertiary alicyclic amines) is 1. The average molecular weight is 614 g/mol. The summed E-state index contributed by atoms with van der Waals surface area (Å²) in [6.45, 7) is 4.36. The normalized spacial score (nSPS) is 44.8. The molecule has 0 spiro atoms. The third kappa shape index (κ3) is 6.63. The van der Waals surface area contributed by atoms with E-state index in [2.05, 4.69) is 33.5 Å². The number of hydrogen-bond acceptors (Lipinski definition) is 8. The zero-order chi connectivity index (χ0) is 27.8. The molecule has 9 nitrogen and oxygen atoms in total. The molecule has 0 bridgehead atoms. The van der Waals surface area contributed by atoms with Crippen LogP contribution in [-0.4, -0.2) is 108 Å². The summed E-state index contributed by atoms with van der Waals surface area (Å²) in [4.78, 5) is 28.4. The molecule has 14 heteroatoms. The van der Waals surface area contributed by atoms with E-state index in [1.807, 2.05) is 0 Å². The van der Waals surface area contributed by atoms with E-state index < -0.39 is 23.9 Å². The van der Waals surface area contributed by atoms with Gasteiger partial charge in [0.2, 0.25) is 11.8 Å². The molecule has 2 amide bonds. The maximum Gasteiger partial charge on any atom is 0.253 e. The second kappa shape index (κ2) is 12.8. The van der Waals surface area contributed by atoms with Gasteiger partial charge in [-0.25, -0.2) is 8.78 Å². The minimum absolute atomic E-state index is 0.00578. The molecule has 0 saturated carbocycles. The van der Waals surface area contributed by atoms with Crippen LogP contribution in [0, 0.1) is 17.8 Å². The number of hydrogen-bond donors (Lipinski definition) is 5. The van der Waals surface area contributed by atoms with Crippen molar-refractivity contribution in [2.45, 2.75) is 90.9 Å². The molecule has 0 aliphatic carbocycles. The summed E-state index contributed by atoms with van der Waals surface area (Å²) in [7, 11) is 1.72. The number of carbonyl (C=O) groups excluding carboxylic acids is 2. The van der Waals surface area contributed by atoms with E-state index in [4.69, 9.17) is 27.9 Å². The number of halogens is 4. The predicted octanol–water partition coefficient (Wildman–Crippen LogP) is 1.10. The van der Waals surface area contributed by atoms with E-state index in [1.165, 1.54) is 0 Å². The zero-order valence-corrected chi connectivity index (χ0v) is 24.6. The summed E-state index contributed by atoms with van der Waals surface area (Å²) in [5.41, 5.74) is -0.389. The minimum Gasteiger partial charge on any atom is -0.380 e. The van der Waals surface area contributed by atoms with Gasteiger partial charge in [0.05, 0.1) is 28.9 Å². The van der Waals surface area contributed by atoms with Crippen molar-refractivity contribution in [2.24, 2.45) is 17.8 Å². The van der Waals surface area contributed by atoms with Gasteiger partial charge in [0.15, 0.2) is 0 Å². The number of rotatable bonds is 6. The van der Waals surface area contributed by atoms with Crippen LogP contribution in [0.25, 0.3) is 0 Å². The smallest absolute Gasteiger partial charge is 0.253 e. The molecule has 5 N–H and O–H groups in total. The largest absolute Gasteiger partial charge is 0.380 e. The molecule has 12 unspecified atom stereocenters. The summed E-state index contributed by atoms with van der Waals surface area (Å²) in [5, 5.41) is 15.8. The molecule has 12 atom stereocenters. The Morgan fingerprint density at radius 2 is 1.87 bits per heavy atom. The number of fused-ring (bicyclic) bond motifs is 1. The first-order valence-electron chi connectivity index (χ1n) is 14.0. The zero-order valence-electron chi connectivity index (χ0n) is 22.3. The number of nitrogens with zero attached hydrogens (tertiary/aromatic N) is 1. The van der Waals surface area contributed by atoms with Gasteiger partial charge >= 0.3 is 0 Å². The maximum atomic E-state index is 13.6. The maximum absolute atomic E-state index is 13.6. The van der Waals surface area contributed by atoms with Crippen LogP contribution in [0.3, 0.4) is 0 Å². The number of amides is 2. The molecule has 5 saturated heterocycles. The molecule has 0 aromatic rings. The lowest BCUT2D eigenvalue weighted by atomic mass is 9.70. The van der Waals surface area contributed by atoms with Crippen molar-refractivity contribution >= 4 is 46.8 Å². The van der Waals surface area contributed by atoms with Gasteiger partial charge in [-0.05, 0) is 44.4 Å². The molecule has 39 heavy (non-hydrogen) atoms. The van der Waals surface area contributed by atoms with E-state index in [-0.39, 0.29) is 64.4 Å². The monoisotopic (exact) mass is 612 g/mol. The standard InChI is InChI=1S/C25H40Cl2F2N6O3S/c1-11-5-12(13-6-20(27)31-8-18(13)38-2)14(7-30-11)23(36)34-25-33-17-9-35(10-19(17)39-25)24(37)21-15(26)3-4-16(32-21)22(28)29/h11-22,25,30-33H,3-10H2,1-2H3,(H,34,36). The summed E-state index contributed by atoms with van der Waals surface area (Å²) in [5.74, 6) is -0.0860. The highest BCUT2D eigenvalue weighted by Crippen LogP contribution is 2.39. The van der Waals surface area contributed by atoms with Crippen molar-refractivity contribution < 1.29 is 23.1 Å². The molecular formula is C25H40Cl2F2N6O3S. The Labute approximate surface area is 242 Å². The van der Waals surface area contributed by atoms with Crippen molar-refractivity contribution in [3.8, 4) is 0 Å². The quantitative estimate of drug-likeness (QED) is 0.224. The van der Waals surface area contributed by atoms with Gasteiger partial charge in [-0.3, -0.25) is 25.5 Å². The highest BCUT2D eigenvalue weighted by molar-refractivity contribution is 8.00. The summed E-state index contributed by atoms with van der Waals surface area (Å²) in [6, 6.07) is -1.50. The van der Waals surface area contributed by atoms with Crippen molar-refractivity contribution in [3.63, 3.8) is 0 Å². The van der Waals surface area contributed by atoms with E-state index in [0.717, 1.165) is 12.8 Å². The lowest BCUT2D eigenvalue weighted by molar-refractivity contribution is -0.134. The molecule has 5 aliphatic rings. The number of methoxy groups -OCH3 is 1. The van der Waals surface area contributed by atoms with Crippen molar-refractivity contribution in [3.05, 3.63) is 0 Å². The Morgan fingerprint density at radius 3 is 2.59 bits per heavy atom. The first kappa shape index (κ1) is 30.0. The van der Waals surface area contributed by atoms with Crippen LogP contribution in [0.2, 0.25) is 0 Å². The fourth-order valence-corrected chi connectivity index (χ4v) is 9.00. The molecule has 0 radical (unpaired) electrons. The molecule has 5 fully saturated rings. The third-order valence-corrected chi connectivity index (χ3v) is 11.3. The topological polar surface area (TPSA) is 107 Å². The SMILES string of the molecule is COC1CNC(Cl)CC1C1CC(C)NCC1C(=O)NC1NC2CN(C(=O)C3NC(C(F)F)CCC3Cl)CC2S1. The Balaban J connectivity index is 1.16. The Kier molecular flexibility index (Phi) is 9.85. The van der Waals surface area contributed by atoms with Crippen LogP contribution < -0.4 is 26.6 Å². The number of thioether (sulfide) groups is 1. The molecule has 0 aromatic carbocycles. The highest BCUT2D eigenvalue weighted by Gasteiger charge is 2.48. The Morgan fingerprint density at radius 1 is 1.08 bits per heavy atom. The number of piperidine rings is 3. The fourth-order valence-electron chi connectivity index (χ4n) is 6.99. The van der Waals surface area contributed by atoms with Gasteiger partial charge in [0, 0.05) is 50.6 Å². The van der Waals surface area contributed by atoms with E-state index >= 15 is 0 Å². The first-order chi connectivity index (χ1) is 18.6. The van der Waals surface area contributed by atoms with Gasteiger partial charge in [-0.15, -0.1) is 35.0 Å². The summed E-state index contributed by atoms with van der Waals surface area (Å²) >= 11 is 14.4. The fraction of sp³-hybridized carbons (Fsp3) is 0.920. The Hall–Kier alpha value is -0.470. The number of alkyl halides is 4. The predicted molar refractivity (Wildman–Crippen MR) is 148 cm³/mol. The average Bonchev–Trinajstić information content (AvgIpc) is 3.47. The van der Waals surface area contributed by atoms with E-state index in [9.17, 15) is 18.4 Å². The second-order valence-electron chi connectivity index (χ2n) is 11.6. The van der Waals surface area contributed by atoms with Crippen molar-refractivity contribution in [1.29, 1.82) is 0 Å². The van der Waals surface area contributed by atoms with Crippen LogP contribution in [-0.2, 0) is 14.3 Å². The van der Waals surface area contributed by atoms with Gasteiger partial charge < -0.3 is 20.3 Å². The molecular weight excluding hydrogens is 573 g/mol. The minimum atomic E-state index is -2.53. The van der Waals surface area contributed by atoms with Crippen LogP contribution >= 0.6 is 35.0 Å². The molecule has 5 heterocycles. The lowest BCUT2D eigenvalue weighted by Crippen LogP contribution is -2.59. The summed E-state index contributed by atoms with van der Waals surface area (Å²) in [6.07, 6.45) is -0.254. The van der Waals surface area contributed by atoms with Crippen molar-refractivity contribution in [2.75, 3.05) is 33.3 Å². The van der Waals surface area contributed by atoms with E-state index in [0.29, 0.717) is 38.6 Å². The summed E-state index contributed by atoms with van der Waals surface area (Å²) < 4.78 is 32.3. The van der Waals surface area contributed by atoms with Crippen molar-refractivity contribution in [1.82, 2.24) is 31.5 Å². The van der Waals surface area contributed by atoms with Gasteiger partial charge in [-0.1, -0.05) is 0 Å². The molecule has 5 rings (SSSR count). The molecule has 5 aliphatic heterocycles. The third-order valence-electron chi connectivity index (χ3n) is 9.12. The number of nitrogens with one attached hydrogen (secondary N) is 5. The second-order valence-corrected chi connectivity index (χ2v) is 14.1. The lowest BCUT2D eigenvalue weighted by Gasteiger charge is -2.45. The Bertz CT molecular complexity index is 885. The van der Waals surface area contributed by atoms with Crippen LogP contribution in [0.15, 0.2) is 0 Å². The molecule has 222 valence electrons. The number of carbonyl (C=O) groups is 2. The highest BCUT2D eigenvalue weighted by atomic mass is 35.5. The van der Waals surface area contributed by atoms with Gasteiger partial charge in [0.25, 0.3) is 6.43 Å². The molecule has 0 aromatic heterocycles. The van der Waals surface area contributed by atoms with Crippen LogP contribution in [0.4, 0.5) is 8.78 Å². The van der Waals surface area contributed by atoms with Crippen LogP contribution in [0.5, 0.6) is 0 Å². The number of ether oxygens (including phenoxy) is 1. The first-order valence-corrected chi connectivity index (χ1v) is 15.8. The van der Waals surface area contributed by atoms with E-state index in [1.54, 1.807) is 23.8 Å².